The highest BCUT2D eigenvalue weighted by Crippen LogP contribution is 2.29. The van der Waals surface area contributed by atoms with Crippen LogP contribution in [0.1, 0.15) is 11.1 Å². The molecule has 18 heavy (non-hydrogen) atoms. The third-order valence-electron chi connectivity index (χ3n) is 2.53. The Morgan fingerprint density at radius 2 is 2.11 bits per heavy atom. The fraction of sp³-hybridized carbons (Fsp3) is 0.214. The number of nitrogens with two attached hydrogens (primary N) is 1. The predicted octanol–water partition coefficient (Wildman–Crippen LogP) is 3.45. The molecule has 4 heteroatoms. The molecule has 0 fully saturated rings. The molecular weight excluding hydrogens is 292 g/mol. The highest BCUT2D eigenvalue weighted by molar-refractivity contribution is 9.10. The monoisotopic (exact) mass is 306 g/mol. The van der Waals surface area contributed by atoms with Crippen LogP contribution in [0.15, 0.2) is 41.0 Å². The standard InChI is InChI=1S/C14H15BrN2O/c1-10-2-5-14(17-9-10)18-13-4-3-11(6-7-16)8-12(13)15/h2-5,8-9H,6-7,16H2,1H3. The minimum absolute atomic E-state index is 0.591. The lowest BCUT2D eigenvalue weighted by molar-refractivity contribution is 0.459. The molecule has 0 radical (unpaired) electrons. The van der Waals surface area contributed by atoms with Crippen molar-refractivity contribution in [3.8, 4) is 11.6 Å². The van der Waals surface area contributed by atoms with Gasteiger partial charge in [-0.05, 0) is 59.1 Å². The van der Waals surface area contributed by atoms with Crippen molar-refractivity contribution in [1.29, 1.82) is 0 Å². The fourth-order valence-corrected chi connectivity index (χ4v) is 2.08. The first-order valence-corrected chi connectivity index (χ1v) is 6.57. The molecule has 1 aromatic heterocycles. The van der Waals surface area contributed by atoms with Gasteiger partial charge in [-0.1, -0.05) is 12.1 Å². The molecular formula is C14H15BrN2O. The molecule has 0 unspecified atom stereocenters. The van der Waals surface area contributed by atoms with E-state index >= 15 is 0 Å². The molecule has 0 spiro atoms. The van der Waals surface area contributed by atoms with Crippen molar-refractivity contribution in [2.45, 2.75) is 13.3 Å². The van der Waals surface area contributed by atoms with E-state index in [-0.39, 0.29) is 0 Å². The van der Waals surface area contributed by atoms with Crippen molar-refractivity contribution in [2.24, 2.45) is 5.73 Å². The quantitative estimate of drug-likeness (QED) is 0.941. The Bertz CT molecular complexity index is 526. The van der Waals surface area contributed by atoms with Crippen LogP contribution < -0.4 is 10.5 Å². The molecule has 0 atom stereocenters. The van der Waals surface area contributed by atoms with E-state index in [0.29, 0.717) is 12.4 Å². The first kappa shape index (κ1) is 13.1. The molecule has 0 aliphatic rings. The van der Waals surface area contributed by atoms with Gasteiger partial charge in [0, 0.05) is 12.3 Å². The first-order valence-electron chi connectivity index (χ1n) is 5.78. The van der Waals surface area contributed by atoms with E-state index in [1.165, 1.54) is 5.56 Å². The van der Waals surface area contributed by atoms with Gasteiger partial charge in [-0.3, -0.25) is 0 Å². The van der Waals surface area contributed by atoms with Crippen LogP contribution in [0.3, 0.4) is 0 Å². The Balaban J connectivity index is 2.16. The van der Waals surface area contributed by atoms with Crippen LogP contribution in [0.2, 0.25) is 0 Å². The smallest absolute Gasteiger partial charge is 0.219 e. The van der Waals surface area contributed by atoms with Gasteiger partial charge in [-0.2, -0.15) is 0 Å². The van der Waals surface area contributed by atoms with Gasteiger partial charge in [0.05, 0.1) is 4.47 Å². The highest BCUT2D eigenvalue weighted by Gasteiger charge is 2.04. The number of benzene rings is 1. The van der Waals surface area contributed by atoms with Crippen molar-refractivity contribution in [3.05, 3.63) is 52.1 Å². The summed E-state index contributed by atoms with van der Waals surface area (Å²) in [5.74, 6) is 1.35. The average Bonchev–Trinajstić information content (AvgIpc) is 2.36. The van der Waals surface area contributed by atoms with Crippen LogP contribution in [-0.4, -0.2) is 11.5 Å². The van der Waals surface area contributed by atoms with E-state index in [2.05, 4.69) is 20.9 Å². The number of pyridine rings is 1. The second-order valence-corrected chi connectivity index (χ2v) is 4.93. The Labute approximate surface area is 115 Å². The second kappa shape index (κ2) is 5.98. The lowest BCUT2D eigenvalue weighted by Crippen LogP contribution is -2.02. The minimum Gasteiger partial charge on any atom is -0.438 e. The lowest BCUT2D eigenvalue weighted by Gasteiger charge is -2.08. The molecule has 0 aliphatic heterocycles. The van der Waals surface area contributed by atoms with E-state index in [9.17, 15) is 0 Å². The molecule has 2 N–H and O–H groups in total. The molecule has 2 aromatic rings. The maximum absolute atomic E-state index is 5.71. The van der Waals surface area contributed by atoms with Gasteiger partial charge in [0.15, 0.2) is 0 Å². The molecule has 0 amide bonds. The summed E-state index contributed by atoms with van der Waals surface area (Å²) in [6.45, 7) is 2.64. The van der Waals surface area contributed by atoms with Gasteiger partial charge in [0.25, 0.3) is 0 Å². The molecule has 0 aliphatic carbocycles. The molecule has 94 valence electrons. The fourth-order valence-electron chi connectivity index (χ4n) is 1.58. The highest BCUT2D eigenvalue weighted by atomic mass is 79.9. The third kappa shape index (κ3) is 3.31. The summed E-state index contributed by atoms with van der Waals surface area (Å²) < 4.78 is 6.62. The number of aromatic nitrogens is 1. The van der Waals surface area contributed by atoms with Crippen LogP contribution >= 0.6 is 15.9 Å². The van der Waals surface area contributed by atoms with E-state index in [1.807, 2.05) is 37.3 Å². The topological polar surface area (TPSA) is 48.1 Å². The van der Waals surface area contributed by atoms with Crippen LogP contribution in [-0.2, 0) is 6.42 Å². The summed E-state index contributed by atoms with van der Waals surface area (Å²) >= 11 is 3.50. The zero-order chi connectivity index (χ0) is 13.0. The molecule has 3 nitrogen and oxygen atoms in total. The number of aryl methyl sites for hydroxylation is 1. The van der Waals surface area contributed by atoms with E-state index < -0.39 is 0 Å². The maximum atomic E-state index is 5.71. The van der Waals surface area contributed by atoms with Crippen LogP contribution in [0, 0.1) is 6.92 Å². The molecule has 0 saturated carbocycles. The summed E-state index contributed by atoms with van der Waals surface area (Å²) in [6, 6.07) is 9.79. The van der Waals surface area contributed by atoms with Crippen molar-refractivity contribution in [3.63, 3.8) is 0 Å². The molecule has 0 bridgehead atoms. The number of nitrogens with zero attached hydrogens (tertiary/aromatic N) is 1. The van der Waals surface area contributed by atoms with Crippen molar-refractivity contribution >= 4 is 15.9 Å². The van der Waals surface area contributed by atoms with Gasteiger partial charge in [0.2, 0.25) is 5.88 Å². The van der Waals surface area contributed by atoms with Crippen molar-refractivity contribution in [2.75, 3.05) is 6.54 Å². The Morgan fingerprint density at radius 1 is 1.28 bits per heavy atom. The molecule has 2 rings (SSSR count). The predicted molar refractivity (Wildman–Crippen MR) is 75.9 cm³/mol. The Hall–Kier alpha value is -1.39. The normalized spacial score (nSPS) is 10.4. The van der Waals surface area contributed by atoms with Gasteiger partial charge in [-0.15, -0.1) is 0 Å². The van der Waals surface area contributed by atoms with E-state index in [0.717, 1.165) is 22.2 Å². The lowest BCUT2D eigenvalue weighted by atomic mass is 10.1. The summed E-state index contributed by atoms with van der Waals surface area (Å²) in [4.78, 5) is 4.21. The number of ether oxygens (including phenoxy) is 1. The Kier molecular flexibility index (Phi) is 4.33. The maximum Gasteiger partial charge on any atom is 0.219 e. The van der Waals surface area contributed by atoms with Crippen molar-refractivity contribution in [1.82, 2.24) is 4.98 Å². The van der Waals surface area contributed by atoms with Crippen molar-refractivity contribution < 1.29 is 4.74 Å². The number of hydrogen-bond acceptors (Lipinski definition) is 3. The van der Waals surface area contributed by atoms with Crippen LogP contribution in [0.25, 0.3) is 0 Å². The average molecular weight is 307 g/mol. The van der Waals surface area contributed by atoms with Gasteiger partial charge >= 0.3 is 0 Å². The zero-order valence-corrected chi connectivity index (χ0v) is 11.8. The summed E-state index contributed by atoms with van der Waals surface area (Å²) in [5.41, 5.74) is 7.83. The SMILES string of the molecule is Cc1ccc(Oc2ccc(CCN)cc2Br)nc1. The van der Waals surface area contributed by atoms with Crippen LogP contribution in [0.4, 0.5) is 0 Å². The first-order chi connectivity index (χ1) is 8.69. The second-order valence-electron chi connectivity index (χ2n) is 4.08. The molecule has 0 saturated heterocycles. The van der Waals surface area contributed by atoms with Gasteiger partial charge in [-0.25, -0.2) is 4.98 Å². The molecule has 1 aromatic carbocycles. The van der Waals surface area contributed by atoms with Gasteiger partial charge in [0.1, 0.15) is 5.75 Å². The van der Waals surface area contributed by atoms with E-state index in [1.54, 1.807) is 6.20 Å². The number of halogens is 1. The summed E-state index contributed by atoms with van der Waals surface area (Å²) in [6.07, 6.45) is 2.65. The van der Waals surface area contributed by atoms with E-state index in [4.69, 9.17) is 10.5 Å². The van der Waals surface area contributed by atoms with Crippen LogP contribution in [0.5, 0.6) is 11.6 Å². The molecule has 1 heterocycles. The third-order valence-corrected chi connectivity index (χ3v) is 3.15. The number of hydrogen-bond donors (Lipinski definition) is 1. The summed E-state index contributed by atoms with van der Waals surface area (Å²) in [7, 11) is 0. The largest absolute Gasteiger partial charge is 0.438 e. The number of rotatable bonds is 4. The summed E-state index contributed by atoms with van der Waals surface area (Å²) in [5, 5.41) is 0. The minimum atomic E-state index is 0.591. The Morgan fingerprint density at radius 3 is 2.72 bits per heavy atom. The zero-order valence-electron chi connectivity index (χ0n) is 10.2. The van der Waals surface area contributed by atoms with Gasteiger partial charge < -0.3 is 10.5 Å².